The lowest BCUT2D eigenvalue weighted by Gasteiger charge is -2.03. The molecular weight excluding hydrogens is 268 g/mol. The number of nitrogens with one attached hydrogen (secondary N) is 1. The summed E-state index contributed by atoms with van der Waals surface area (Å²) in [5, 5.41) is 15.2. The number of nitrogens with zero attached hydrogens (tertiary/aromatic N) is 3. The van der Waals surface area contributed by atoms with Crippen molar-refractivity contribution in [2.24, 2.45) is 0 Å². The van der Waals surface area contributed by atoms with Crippen LogP contribution in [0, 0.1) is 6.92 Å². The molecule has 0 spiro atoms. The van der Waals surface area contributed by atoms with E-state index in [0.717, 1.165) is 0 Å². The second-order valence-electron chi connectivity index (χ2n) is 3.89. The van der Waals surface area contributed by atoms with Gasteiger partial charge in [0.1, 0.15) is 10.4 Å². The van der Waals surface area contributed by atoms with Gasteiger partial charge in [-0.2, -0.15) is 5.10 Å². The molecule has 0 aliphatic heterocycles. The van der Waals surface area contributed by atoms with Crippen molar-refractivity contribution < 1.29 is 9.90 Å². The standard InChI is InChI=1S/C11H8N4O3S/c1-5-7(10(17)18)4-12-15(5)11-13-8(16)6-2-3-19-9(6)14-11/h2-4H,1H3,(H,17,18)(H,13,14,16). The molecule has 0 amide bonds. The van der Waals surface area contributed by atoms with E-state index in [1.54, 1.807) is 18.4 Å². The Labute approximate surface area is 110 Å². The van der Waals surface area contributed by atoms with Crippen LogP contribution in [0.25, 0.3) is 16.2 Å². The summed E-state index contributed by atoms with van der Waals surface area (Å²) in [4.78, 5) is 30.3. The summed E-state index contributed by atoms with van der Waals surface area (Å²) in [5.74, 6) is -0.853. The van der Waals surface area contributed by atoms with Crippen molar-refractivity contribution >= 4 is 27.5 Å². The number of carboxylic acids is 1. The largest absolute Gasteiger partial charge is 0.478 e. The van der Waals surface area contributed by atoms with Crippen LogP contribution < -0.4 is 5.56 Å². The summed E-state index contributed by atoms with van der Waals surface area (Å²) in [5.41, 5.74) is 0.216. The van der Waals surface area contributed by atoms with Crippen molar-refractivity contribution in [2.75, 3.05) is 0 Å². The fourth-order valence-corrected chi connectivity index (χ4v) is 2.55. The molecule has 3 aromatic rings. The maximum Gasteiger partial charge on any atom is 0.339 e. The monoisotopic (exact) mass is 276 g/mol. The number of carbonyl (C=O) groups is 1. The second-order valence-corrected chi connectivity index (χ2v) is 4.78. The molecular formula is C11H8N4O3S. The van der Waals surface area contributed by atoms with Crippen LogP contribution in [0.15, 0.2) is 22.4 Å². The van der Waals surface area contributed by atoms with Crippen molar-refractivity contribution in [1.29, 1.82) is 0 Å². The number of rotatable bonds is 2. The van der Waals surface area contributed by atoms with Crippen molar-refractivity contribution in [3.8, 4) is 5.95 Å². The van der Waals surface area contributed by atoms with Gasteiger partial charge in [0, 0.05) is 0 Å². The van der Waals surface area contributed by atoms with E-state index in [1.807, 2.05) is 0 Å². The lowest BCUT2D eigenvalue weighted by atomic mass is 10.3. The quantitative estimate of drug-likeness (QED) is 0.731. The lowest BCUT2D eigenvalue weighted by Crippen LogP contribution is -2.14. The van der Waals surface area contributed by atoms with Crippen LogP contribution in [0.5, 0.6) is 0 Å². The fourth-order valence-electron chi connectivity index (χ4n) is 1.79. The third kappa shape index (κ3) is 1.73. The number of thiophene rings is 1. The molecule has 2 N–H and O–H groups in total. The predicted molar refractivity (Wildman–Crippen MR) is 69.1 cm³/mol. The predicted octanol–water partition coefficient (Wildman–Crippen LogP) is 1.18. The van der Waals surface area contributed by atoms with Crippen LogP contribution >= 0.6 is 11.3 Å². The Morgan fingerprint density at radius 1 is 1.53 bits per heavy atom. The molecule has 8 heteroatoms. The maximum absolute atomic E-state index is 11.8. The van der Waals surface area contributed by atoms with Gasteiger partial charge in [-0.3, -0.25) is 9.78 Å². The summed E-state index contributed by atoms with van der Waals surface area (Å²) < 4.78 is 1.31. The summed E-state index contributed by atoms with van der Waals surface area (Å²) in [6.45, 7) is 1.61. The van der Waals surface area contributed by atoms with Gasteiger partial charge in [-0.1, -0.05) is 0 Å². The minimum Gasteiger partial charge on any atom is -0.478 e. The zero-order valence-electron chi connectivity index (χ0n) is 9.75. The Morgan fingerprint density at radius 2 is 2.32 bits per heavy atom. The first-order valence-corrected chi connectivity index (χ1v) is 6.21. The molecule has 0 bridgehead atoms. The van der Waals surface area contributed by atoms with E-state index in [-0.39, 0.29) is 17.1 Å². The van der Waals surface area contributed by atoms with Gasteiger partial charge in [0.15, 0.2) is 0 Å². The SMILES string of the molecule is Cc1c(C(=O)O)cnn1-c1nc2sccc2c(=O)[nH]1. The molecule has 19 heavy (non-hydrogen) atoms. The maximum atomic E-state index is 11.8. The van der Waals surface area contributed by atoms with Crippen molar-refractivity contribution in [3.05, 3.63) is 39.3 Å². The Morgan fingerprint density at radius 3 is 3.00 bits per heavy atom. The average molecular weight is 276 g/mol. The number of fused-ring (bicyclic) bond motifs is 1. The molecule has 7 nitrogen and oxygen atoms in total. The van der Waals surface area contributed by atoms with Gasteiger partial charge < -0.3 is 5.11 Å². The third-order valence-electron chi connectivity index (χ3n) is 2.76. The second kappa shape index (κ2) is 4.02. The van der Waals surface area contributed by atoms with Gasteiger partial charge in [-0.05, 0) is 18.4 Å². The van der Waals surface area contributed by atoms with E-state index >= 15 is 0 Å². The highest BCUT2D eigenvalue weighted by molar-refractivity contribution is 7.16. The first kappa shape index (κ1) is 11.6. The van der Waals surface area contributed by atoms with Crippen LogP contribution in [0.2, 0.25) is 0 Å². The van der Waals surface area contributed by atoms with Crippen molar-refractivity contribution in [3.63, 3.8) is 0 Å². The van der Waals surface area contributed by atoms with E-state index in [0.29, 0.717) is 15.9 Å². The Hall–Kier alpha value is -2.48. The van der Waals surface area contributed by atoms with E-state index < -0.39 is 5.97 Å². The molecule has 0 saturated heterocycles. The van der Waals surface area contributed by atoms with Gasteiger partial charge in [0.2, 0.25) is 5.95 Å². The first-order chi connectivity index (χ1) is 9.08. The topological polar surface area (TPSA) is 101 Å². The van der Waals surface area contributed by atoms with Crippen LogP contribution in [0.1, 0.15) is 16.1 Å². The van der Waals surface area contributed by atoms with E-state index in [9.17, 15) is 9.59 Å². The molecule has 0 aliphatic carbocycles. The molecule has 96 valence electrons. The molecule has 0 fully saturated rings. The van der Waals surface area contributed by atoms with E-state index in [1.165, 1.54) is 22.2 Å². The lowest BCUT2D eigenvalue weighted by molar-refractivity contribution is 0.0696. The molecule has 3 aromatic heterocycles. The Bertz CT molecular complexity index is 845. The van der Waals surface area contributed by atoms with Gasteiger partial charge in [-0.25, -0.2) is 14.5 Å². The molecule has 3 rings (SSSR count). The Balaban J connectivity index is 2.24. The Kier molecular flexibility index (Phi) is 2.46. The normalized spacial score (nSPS) is 11.0. The van der Waals surface area contributed by atoms with Gasteiger partial charge >= 0.3 is 5.97 Å². The number of carboxylic acid groups (broad SMARTS) is 1. The smallest absolute Gasteiger partial charge is 0.339 e. The highest BCUT2D eigenvalue weighted by atomic mass is 32.1. The van der Waals surface area contributed by atoms with Gasteiger partial charge in [-0.15, -0.1) is 11.3 Å². The highest BCUT2D eigenvalue weighted by Crippen LogP contribution is 2.16. The molecule has 0 atom stereocenters. The van der Waals surface area contributed by atoms with Crippen LogP contribution in [-0.2, 0) is 0 Å². The molecule has 3 heterocycles. The van der Waals surface area contributed by atoms with E-state index in [4.69, 9.17) is 5.11 Å². The summed E-state index contributed by atoms with van der Waals surface area (Å²) >= 11 is 1.34. The molecule has 0 radical (unpaired) electrons. The minimum atomic E-state index is -1.07. The first-order valence-electron chi connectivity index (χ1n) is 5.33. The van der Waals surface area contributed by atoms with E-state index in [2.05, 4.69) is 15.1 Å². The molecule has 0 aromatic carbocycles. The average Bonchev–Trinajstić information content (AvgIpc) is 2.94. The molecule has 0 saturated carbocycles. The summed E-state index contributed by atoms with van der Waals surface area (Å²) in [7, 11) is 0. The van der Waals surface area contributed by atoms with Crippen LogP contribution in [-0.4, -0.2) is 30.8 Å². The number of hydrogen-bond donors (Lipinski definition) is 2. The van der Waals surface area contributed by atoms with Gasteiger partial charge in [0.05, 0.1) is 17.3 Å². The molecule has 0 aliphatic rings. The van der Waals surface area contributed by atoms with Crippen LogP contribution in [0.4, 0.5) is 0 Å². The number of H-pyrrole nitrogens is 1. The zero-order valence-corrected chi connectivity index (χ0v) is 10.6. The zero-order chi connectivity index (χ0) is 13.6. The summed E-state index contributed by atoms with van der Waals surface area (Å²) in [6.07, 6.45) is 1.23. The highest BCUT2D eigenvalue weighted by Gasteiger charge is 2.16. The number of aromatic nitrogens is 4. The third-order valence-corrected chi connectivity index (χ3v) is 3.57. The summed E-state index contributed by atoms with van der Waals surface area (Å²) in [6, 6.07) is 1.69. The number of aromatic amines is 1. The fraction of sp³-hybridized carbons (Fsp3) is 0.0909. The minimum absolute atomic E-state index is 0.0777. The van der Waals surface area contributed by atoms with Gasteiger partial charge in [0.25, 0.3) is 5.56 Å². The molecule has 0 unspecified atom stereocenters. The number of hydrogen-bond acceptors (Lipinski definition) is 5. The van der Waals surface area contributed by atoms with Crippen LogP contribution in [0.3, 0.4) is 0 Å². The van der Waals surface area contributed by atoms with Crippen molar-refractivity contribution in [1.82, 2.24) is 19.7 Å². The number of aromatic carboxylic acids is 1. The van der Waals surface area contributed by atoms with Crippen molar-refractivity contribution in [2.45, 2.75) is 6.92 Å².